The number of rotatable bonds is 6. The van der Waals surface area contributed by atoms with E-state index in [-0.39, 0.29) is 6.10 Å². The largest absolute Gasteiger partial charge is 0.491 e. The van der Waals surface area contributed by atoms with Crippen LogP contribution in [0.5, 0.6) is 5.75 Å². The standard InChI is InChI=1S/C18H22O/c1-15(2)19-18-13-11-17(12-14-18)10-6-9-16-7-4-3-5-8-16/h3-5,7-8,11-15H,6,9-10H2,1-2H3. The van der Waals surface area contributed by atoms with Crippen molar-refractivity contribution in [3.8, 4) is 5.75 Å². The highest BCUT2D eigenvalue weighted by Crippen LogP contribution is 2.15. The Labute approximate surface area is 116 Å². The molecule has 100 valence electrons. The van der Waals surface area contributed by atoms with E-state index in [2.05, 4.69) is 54.6 Å². The Kier molecular flexibility index (Phi) is 5.02. The van der Waals surface area contributed by atoms with Gasteiger partial charge < -0.3 is 4.74 Å². The van der Waals surface area contributed by atoms with Crippen molar-refractivity contribution in [3.05, 3.63) is 65.7 Å². The van der Waals surface area contributed by atoms with Crippen LogP contribution in [0.15, 0.2) is 54.6 Å². The molecule has 1 nitrogen and oxygen atoms in total. The summed E-state index contributed by atoms with van der Waals surface area (Å²) < 4.78 is 5.64. The summed E-state index contributed by atoms with van der Waals surface area (Å²) in [6, 6.07) is 19.1. The highest BCUT2D eigenvalue weighted by molar-refractivity contribution is 5.27. The van der Waals surface area contributed by atoms with Crippen molar-refractivity contribution in [2.24, 2.45) is 0 Å². The van der Waals surface area contributed by atoms with Crippen LogP contribution in [-0.4, -0.2) is 6.10 Å². The van der Waals surface area contributed by atoms with Gasteiger partial charge in [0, 0.05) is 0 Å². The molecule has 0 unspecified atom stereocenters. The van der Waals surface area contributed by atoms with Crippen LogP contribution in [0.4, 0.5) is 0 Å². The minimum Gasteiger partial charge on any atom is -0.491 e. The molecule has 0 fully saturated rings. The smallest absolute Gasteiger partial charge is 0.119 e. The molecular weight excluding hydrogens is 232 g/mol. The first-order valence-corrected chi connectivity index (χ1v) is 7.03. The van der Waals surface area contributed by atoms with E-state index in [9.17, 15) is 0 Å². The van der Waals surface area contributed by atoms with Crippen LogP contribution < -0.4 is 4.74 Å². The second-order valence-corrected chi connectivity index (χ2v) is 5.15. The monoisotopic (exact) mass is 254 g/mol. The van der Waals surface area contributed by atoms with Crippen molar-refractivity contribution < 1.29 is 4.74 Å². The van der Waals surface area contributed by atoms with Crippen LogP contribution in [-0.2, 0) is 12.8 Å². The molecule has 0 aliphatic heterocycles. The molecule has 2 rings (SSSR count). The molecule has 0 aliphatic rings. The van der Waals surface area contributed by atoms with Gasteiger partial charge in [-0.05, 0) is 56.4 Å². The lowest BCUT2D eigenvalue weighted by molar-refractivity contribution is 0.242. The first-order valence-electron chi connectivity index (χ1n) is 7.03. The summed E-state index contributed by atoms with van der Waals surface area (Å²) in [4.78, 5) is 0. The van der Waals surface area contributed by atoms with Gasteiger partial charge in [-0.25, -0.2) is 0 Å². The van der Waals surface area contributed by atoms with E-state index in [1.165, 1.54) is 17.5 Å². The van der Waals surface area contributed by atoms with Gasteiger partial charge in [-0.2, -0.15) is 0 Å². The first-order chi connectivity index (χ1) is 9.24. The normalized spacial score (nSPS) is 10.7. The topological polar surface area (TPSA) is 9.23 Å². The van der Waals surface area contributed by atoms with Crippen LogP contribution in [0, 0.1) is 0 Å². The third-order valence-electron chi connectivity index (χ3n) is 3.07. The maximum Gasteiger partial charge on any atom is 0.119 e. The van der Waals surface area contributed by atoms with Gasteiger partial charge in [-0.15, -0.1) is 0 Å². The molecule has 0 saturated carbocycles. The summed E-state index contributed by atoms with van der Waals surface area (Å²) in [7, 11) is 0. The molecule has 0 heterocycles. The summed E-state index contributed by atoms with van der Waals surface area (Å²) in [5.74, 6) is 0.960. The molecule has 19 heavy (non-hydrogen) atoms. The minimum absolute atomic E-state index is 0.240. The van der Waals surface area contributed by atoms with Gasteiger partial charge >= 0.3 is 0 Å². The number of ether oxygens (including phenoxy) is 1. The van der Waals surface area contributed by atoms with Gasteiger partial charge in [0.2, 0.25) is 0 Å². The summed E-state index contributed by atoms with van der Waals surface area (Å²) in [5.41, 5.74) is 2.80. The quantitative estimate of drug-likeness (QED) is 0.729. The molecule has 0 atom stereocenters. The first kappa shape index (κ1) is 13.7. The zero-order valence-corrected chi connectivity index (χ0v) is 11.8. The molecule has 0 radical (unpaired) electrons. The molecule has 2 aromatic rings. The molecular formula is C18H22O. The molecule has 0 spiro atoms. The van der Waals surface area contributed by atoms with Crippen LogP contribution in [0.2, 0.25) is 0 Å². The van der Waals surface area contributed by atoms with E-state index in [1.54, 1.807) is 0 Å². The summed E-state index contributed by atoms with van der Waals surface area (Å²) in [6.07, 6.45) is 3.69. The van der Waals surface area contributed by atoms with Gasteiger partial charge in [0.25, 0.3) is 0 Å². The van der Waals surface area contributed by atoms with E-state index in [0.29, 0.717) is 0 Å². The van der Waals surface area contributed by atoms with Gasteiger partial charge in [0.1, 0.15) is 5.75 Å². The predicted molar refractivity (Wildman–Crippen MR) is 80.7 cm³/mol. The van der Waals surface area contributed by atoms with Crippen LogP contribution >= 0.6 is 0 Å². The molecule has 0 saturated heterocycles. The maximum atomic E-state index is 5.64. The van der Waals surface area contributed by atoms with Crippen molar-refractivity contribution >= 4 is 0 Å². The molecule has 0 aromatic heterocycles. The van der Waals surface area contributed by atoms with E-state index in [0.717, 1.165) is 18.6 Å². The fraction of sp³-hybridized carbons (Fsp3) is 0.333. The second-order valence-electron chi connectivity index (χ2n) is 5.15. The Morgan fingerprint density at radius 2 is 1.37 bits per heavy atom. The Balaban J connectivity index is 1.80. The third-order valence-corrected chi connectivity index (χ3v) is 3.07. The SMILES string of the molecule is CC(C)Oc1ccc(CCCc2ccccc2)cc1. The molecule has 0 aliphatic carbocycles. The predicted octanol–water partition coefficient (Wildman–Crippen LogP) is 4.65. The van der Waals surface area contributed by atoms with Crippen LogP contribution in [0.25, 0.3) is 0 Å². The summed E-state index contributed by atoms with van der Waals surface area (Å²) >= 11 is 0. The molecule has 2 aromatic carbocycles. The lowest BCUT2D eigenvalue weighted by atomic mass is 10.0. The highest BCUT2D eigenvalue weighted by atomic mass is 16.5. The average Bonchev–Trinajstić information content (AvgIpc) is 2.41. The molecule has 0 amide bonds. The zero-order chi connectivity index (χ0) is 13.5. The highest BCUT2D eigenvalue weighted by Gasteiger charge is 1.99. The van der Waals surface area contributed by atoms with Crippen LogP contribution in [0.1, 0.15) is 31.4 Å². The number of hydrogen-bond donors (Lipinski definition) is 0. The maximum absolute atomic E-state index is 5.64. The average molecular weight is 254 g/mol. The van der Waals surface area contributed by atoms with E-state index in [1.807, 2.05) is 13.8 Å². The Hall–Kier alpha value is -1.76. The van der Waals surface area contributed by atoms with Gasteiger partial charge in [-0.3, -0.25) is 0 Å². The van der Waals surface area contributed by atoms with E-state index < -0.39 is 0 Å². The van der Waals surface area contributed by atoms with E-state index in [4.69, 9.17) is 4.74 Å². The lowest BCUT2D eigenvalue weighted by Crippen LogP contribution is -2.05. The van der Waals surface area contributed by atoms with Gasteiger partial charge in [-0.1, -0.05) is 42.5 Å². The number of aryl methyl sites for hydroxylation is 2. The molecule has 0 bridgehead atoms. The van der Waals surface area contributed by atoms with Crippen molar-refractivity contribution in [2.75, 3.05) is 0 Å². The minimum atomic E-state index is 0.240. The fourth-order valence-corrected chi connectivity index (χ4v) is 2.15. The van der Waals surface area contributed by atoms with Crippen molar-refractivity contribution in [2.45, 2.75) is 39.2 Å². The van der Waals surface area contributed by atoms with E-state index >= 15 is 0 Å². The number of hydrogen-bond acceptors (Lipinski definition) is 1. The van der Waals surface area contributed by atoms with Crippen molar-refractivity contribution in [1.82, 2.24) is 0 Å². The fourth-order valence-electron chi connectivity index (χ4n) is 2.15. The molecule has 0 N–H and O–H groups in total. The molecule has 1 heteroatoms. The van der Waals surface area contributed by atoms with Crippen molar-refractivity contribution in [1.29, 1.82) is 0 Å². The zero-order valence-electron chi connectivity index (χ0n) is 11.8. The second kappa shape index (κ2) is 6.98. The Morgan fingerprint density at radius 3 is 1.95 bits per heavy atom. The summed E-state index contributed by atoms with van der Waals surface area (Å²) in [5, 5.41) is 0. The van der Waals surface area contributed by atoms with Crippen molar-refractivity contribution in [3.63, 3.8) is 0 Å². The summed E-state index contributed by atoms with van der Waals surface area (Å²) in [6.45, 7) is 4.10. The number of benzene rings is 2. The Bertz CT molecular complexity index is 471. The Morgan fingerprint density at radius 1 is 0.789 bits per heavy atom. The third kappa shape index (κ3) is 4.78. The van der Waals surface area contributed by atoms with Gasteiger partial charge in [0.15, 0.2) is 0 Å². The lowest BCUT2D eigenvalue weighted by Gasteiger charge is -2.10. The van der Waals surface area contributed by atoms with Gasteiger partial charge in [0.05, 0.1) is 6.10 Å². The van der Waals surface area contributed by atoms with Crippen LogP contribution in [0.3, 0.4) is 0 Å².